The molecule has 1 heterocycles. The van der Waals surface area contributed by atoms with Crippen LogP contribution in [0.2, 0.25) is 0 Å². The highest BCUT2D eigenvalue weighted by Crippen LogP contribution is 2.28. The molecule has 0 N–H and O–H groups in total. The van der Waals surface area contributed by atoms with Crippen LogP contribution in [0.4, 0.5) is 13.2 Å². The molecule has 1 unspecified atom stereocenters. The van der Waals surface area contributed by atoms with E-state index in [9.17, 15) is 13.2 Å². The molecule has 1 atom stereocenters. The smallest absolute Gasteiger partial charge is 0.425 e. The summed E-state index contributed by atoms with van der Waals surface area (Å²) >= 11 is 0. The van der Waals surface area contributed by atoms with Gasteiger partial charge in [0.15, 0.2) is 6.10 Å². The second-order valence-corrected chi connectivity index (χ2v) is 3.94. The number of hydrogen-bond donors (Lipinski definition) is 0. The monoisotopic (exact) mass is 256 g/mol. The fourth-order valence-electron chi connectivity index (χ4n) is 1.53. The molecule has 1 aromatic carbocycles. The van der Waals surface area contributed by atoms with Crippen molar-refractivity contribution < 1.29 is 17.9 Å². The van der Waals surface area contributed by atoms with Crippen LogP contribution < -0.4 is 4.74 Å². The summed E-state index contributed by atoms with van der Waals surface area (Å²) in [5, 5.41) is 8.75. The summed E-state index contributed by atoms with van der Waals surface area (Å²) in [4.78, 5) is 0. The van der Waals surface area contributed by atoms with E-state index in [0.29, 0.717) is 11.1 Å². The average molecular weight is 256 g/mol. The van der Waals surface area contributed by atoms with E-state index in [1.165, 1.54) is 0 Å². The molecule has 0 aliphatic heterocycles. The number of nitrogens with zero attached hydrogens (tertiary/aromatic N) is 2. The lowest BCUT2D eigenvalue weighted by Gasteiger charge is -2.17. The molecule has 0 amide bonds. The molecule has 18 heavy (non-hydrogen) atoms. The van der Waals surface area contributed by atoms with Gasteiger partial charge in [0.2, 0.25) is 5.88 Å². The van der Waals surface area contributed by atoms with E-state index in [4.69, 9.17) is 4.74 Å². The quantitative estimate of drug-likeness (QED) is 0.827. The van der Waals surface area contributed by atoms with E-state index in [0.717, 1.165) is 12.3 Å². The van der Waals surface area contributed by atoms with Gasteiger partial charge in [-0.2, -0.15) is 18.3 Å². The van der Waals surface area contributed by atoms with Gasteiger partial charge in [0.25, 0.3) is 0 Å². The van der Waals surface area contributed by atoms with Gasteiger partial charge in [0.05, 0.1) is 5.69 Å². The van der Waals surface area contributed by atoms with E-state index in [-0.39, 0.29) is 5.88 Å². The first kappa shape index (κ1) is 12.6. The second-order valence-electron chi connectivity index (χ2n) is 3.94. The van der Waals surface area contributed by atoms with Gasteiger partial charge in [-0.1, -0.05) is 18.2 Å². The lowest BCUT2D eigenvalue weighted by atomic mass is 10.1. The van der Waals surface area contributed by atoms with Crippen molar-refractivity contribution in [2.75, 3.05) is 0 Å². The summed E-state index contributed by atoms with van der Waals surface area (Å²) in [6.45, 7) is 2.68. The largest absolute Gasteiger partial charge is 0.463 e. The Labute approximate surface area is 102 Å². The number of halogens is 3. The standard InChI is InChI=1S/C12H11F3N2O/c1-7-9-5-3-4-6-10(9)11(17-16-7)18-8(2)12(13,14)15/h3-6,8H,1-2H3. The summed E-state index contributed by atoms with van der Waals surface area (Å²) in [7, 11) is 0. The Bertz CT molecular complexity index is 569. The third-order valence-electron chi connectivity index (χ3n) is 2.59. The van der Waals surface area contributed by atoms with Crippen LogP contribution in [0.15, 0.2) is 24.3 Å². The first-order chi connectivity index (χ1) is 8.39. The molecule has 6 heteroatoms. The molecule has 0 aliphatic rings. The SMILES string of the molecule is Cc1nnc(OC(C)C(F)(F)F)c2ccccc12. The van der Waals surface area contributed by atoms with Crippen LogP contribution in [-0.4, -0.2) is 22.5 Å². The minimum Gasteiger partial charge on any atom is -0.463 e. The molecular formula is C12H11F3N2O. The summed E-state index contributed by atoms with van der Waals surface area (Å²) in [5.74, 6) is -0.0963. The molecule has 2 aromatic rings. The van der Waals surface area contributed by atoms with Crippen LogP contribution in [-0.2, 0) is 0 Å². The maximum absolute atomic E-state index is 12.4. The van der Waals surface area contributed by atoms with Gasteiger partial charge in [-0.3, -0.25) is 0 Å². The number of alkyl halides is 3. The lowest BCUT2D eigenvalue weighted by Crippen LogP contribution is -2.31. The summed E-state index contributed by atoms with van der Waals surface area (Å²) in [6, 6.07) is 6.93. The molecule has 96 valence electrons. The zero-order valence-corrected chi connectivity index (χ0v) is 9.82. The molecule has 0 saturated carbocycles. The molecule has 0 bridgehead atoms. The highest BCUT2D eigenvalue weighted by Gasteiger charge is 2.38. The van der Waals surface area contributed by atoms with Crippen molar-refractivity contribution in [2.45, 2.75) is 26.1 Å². The molecule has 0 spiro atoms. The minimum atomic E-state index is -4.42. The Kier molecular flexibility index (Phi) is 3.11. The zero-order chi connectivity index (χ0) is 13.3. The van der Waals surface area contributed by atoms with Gasteiger partial charge >= 0.3 is 6.18 Å². The van der Waals surface area contributed by atoms with Crippen LogP contribution in [0.1, 0.15) is 12.6 Å². The van der Waals surface area contributed by atoms with Crippen molar-refractivity contribution in [1.29, 1.82) is 0 Å². The van der Waals surface area contributed by atoms with E-state index >= 15 is 0 Å². The minimum absolute atomic E-state index is 0.0963. The number of fused-ring (bicyclic) bond motifs is 1. The van der Waals surface area contributed by atoms with Crippen LogP contribution in [0.5, 0.6) is 5.88 Å². The molecule has 2 rings (SSSR count). The first-order valence-electron chi connectivity index (χ1n) is 5.35. The molecule has 3 nitrogen and oxygen atoms in total. The van der Waals surface area contributed by atoms with Crippen LogP contribution in [0, 0.1) is 6.92 Å². The first-order valence-corrected chi connectivity index (χ1v) is 5.35. The van der Waals surface area contributed by atoms with Gasteiger partial charge in [-0.15, -0.1) is 5.10 Å². The van der Waals surface area contributed by atoms with Crippen molar-refractivity contribution in [2.24, 2.45) is 0 Å². The van der Waals surface area contributed by atoms with Gasteiger partial charge in [-0.25, -0.2) is 0 Å². The molecule has 0 fully saturated rings. The Morgan fingerprint density at radius 1 is 1.11 bits per heavy atom. The highest BCUT2D eigenvalue weighted by atomic mass is 19.4. The Balaban J connectivity index is 2.44. The predicted molar refractivity (Wildman–Crippen MR) is 60.4 cm³/mol. The number of hydrogen-bond acceptors (Lipinski definition) is 3. The van der Waals surface area contributed by atoms with Crippen molar-refractivity contribution in [3.05, 3.63) is 30.0 Å². The Hall–Kier alpha value is -1.85. The average Bonchev–Trinajstić information content (AvgIpc) is 2.32. The van der Waals surface area contributed by atoms with Gasteiger partial charge in [-0.05, 0) is 19.9 Å². The number of aryl methyl sites for hydroxylation is 1. The third-order valence-corrected chi connectivity index (χ3v) is 2.59. The Morgan fingerprint density at radius 2 is 1.72 bits per heavy atom. The number of ether oxygens (including phenoxy) is 1. The molecule has 0 aliphatic carbocycles. The van der Waals surface area contributed by atoms with E-state index in [1.807, 2.05) is 0 Å². The van der Waals surface area contributed by atoms with Crippen molar-refractivity contribution in [3.8, 4) is 5.88 Å². The number of rotatable bonds is 2. The third kappa shape index (κ3) is 2.37. The molecular weight excluding hydrogens is 245 g/mol. The lowest BCUT2D eigenvalue weighted by molar-refractivity contribution is -0.189. The summed E-state index contributed by atoms with van der Waals surface area (Å²) < 4.78 is 42.2. The zero-order valence-electron chi connectivity index (χ0n) is 9.82. The topological polar surface area (TPSA) is 35.0 Å². The normalized spacial score (nSPS) is 13.6. The van der Waals surface area contributed by atoms with Crippen LogP contribution in [0.25, 0.3) is 10.8 Å². The van der Waals surface area contributed by atoms with Crippen molar-refractivity contribution in [3.63, 3.8) is 0 Å². The molecule has 0 radical (unpaired) electrons. The number of aromatic nitrogens is 2. The van der Waals surface area contributed by atoms with E-state index < -0.39 is 12.3 Å². The molecule has 1 aromatic heterocycles. The molecule has 0 saturated heterocycles. The highest BCUT2D eigenvalue weighted by molar-refractivity contribution is 5.88. The fraction of sp³-hybridized carbons (Fsp3) is 0.333. The van der Waals surface area contributed by atoms with Gasteiger partial charge in [0, 0.05) is 10.8 Å². The van der Waals surface area contributed by atoms with Crippen molar-refractivity contribution >= 4 is 10.8 Å². The number of benzene rings is 1. The maximum Gasteiger partial charge on any atom is 0.425 e. The van der Waals surface area contributed by atoms with Gasteiger partial charge < -0.3 is 4.74 Å². The van der Waals surface area contributed by atoms with Gasteiger partial charge in [0.1, 0.15) is 0 Å². The van der Waals surface area contributed by atoms with E-state index in [2.05, 4.69) is 10.2 Å². The summed E-state index contributed by atoms with van der Waals surface area (Å²) in [5.41, 5.74) is 0.651. The Morgan fingerprint density at radius 3 is 2.33 bits per heavy atom. The maximum atomic E-state index is 12.4. The van der Waals surface area contributed by atoms with Crippen LogP contribution >= 0.6 is 0 Å². The second kappa shape index (κ2) is 4.44. The van der Waals surface area contributed by atoms with Crippen molar-refractivity contribution in [1.82, 2.24) is 10.2 Å². The van der Waals surface area contributed by atoms with E-state index in [1.54, 1.807) is 31.2 Å². The van der Waals surface area contributed by atoms with Crippen LogP contribution in [0.3, 0.4) is 0 Å². The predicted octanol–water partition coefficient (Wildman–Crippen LogP) is 3.27. The summed E-state index contributed by atoms with van der Waals surface area (Å²) in [6.07, 6.45) is -6.34. The fourth-order valence-corrected chi connectivity index (χ4v) is 1.53.